The Kier molecular flexibility index (Phi) is 3.25. The number of nitriles is 1. The molecular formula is C18H12N4S. The number of fused-ring (bicyclic) bond motifs is 2. The maximum Gasteiger partial charge on any atom is 0.174 e. The second-order valence-electron chi connectivity index (χ2n) is 5.12. The number of hydrogen-bond acceptors (Lipinski definition) is 4. The largest absolute Gasteiger partial charge is 0.236 e. The molecule has 23 heavy (non-hydrogen) atoms. The lowest BCUT2D eigenvalue weighted by atomic mass is 10.1. The standard InChI is InChI=1S/C18H12N4S/c1-23-18-15(11-19)17-20-9-8-16(22(17)21-18)14-7-6-12-4-2-3-5-13(12)10-14/h2-10H,1H3. The maximum absolute atomic E-state index is 9.38. The molecule has 0 saturated heterocycles. The topological polar surface area (TPSA) is 54.0 Å². The summed E-state index contributed by atoms with van der Waals surface area (Å²) in [5.74, 6) is 0. The van der Waals surface area contributed by atoms with Gasteiger partial charge in [-0.2, -0.15) is 10.4 Å². The van der Waals surface area contributed by atoms with Crippen molar-refractivity contribution in [3.63, 3.8) is 0 Å². The molecule has 5 heteroatoms. The first kappa shape index (κ1) is 13.8. The molecule has 0 unspecified atom stereocenters. The highest BCUT2D eigenvalue weighted by molar-refractivity contribution is 7.98. The van der Waals surface area contributed by atoms with E-state index >= 15 is 0 Å². The van der Waals surface area contributed by atoms with Gasteiger partial charge in [-0.15, -0.1) is 11.8 Å². The van der Waals surface area contributed by atoms with E-state index in [-0.39, 0.29) is 0 Å². The summed E-state index contributed by atoms with van der Waals surface area (Å²) in [4.78, 5) is 4.33. The van der Waals surface area contributed by atoms with Gasteiger partial charge in [0.15, 0.2) is 5.65 Å². The van der Waals surface area contributed by atoms with Crippen LogP contribution in [0, 0.1) is 11.3 Å². The summed E-state index contributed by atoms with van der Waals surface area (Å²) < 4.78 is 1.76. The van der Waals surface area contributed by atoms with Gasteiger partial charge in [-0.1, -0.05) is 36.4 Å². The molecule has 0 saturated carbocycles. The number of thioether (sulfide) groups is 1. The van der Waals surface area contributed by atoms with E-state index in [4.69, 9.17) is 0 Å². The van der Waals surface area contributed by atoms with Gasteiger partial charge < -0.3 is 0 Å². The Morgan fingerprint density at radius 3 is 2.70 bits per heavy atom. The van der Waals surface area contributed by atoms with Crippen LogP contribution < -0.4 is 0 Å². The molecule has 4 rings (SSSR count). The van der Waals surface area contributed by atoms with E-state index < -0.39 is 0 Å². The molecule has 110 valence electrons. The van der Waals surface area contributed by atoms with Crippen molar-refractivity contribution in [2.24, 2.45) is 0 Å². The van der Waals surface area contributed by atoms with Gasteiger partial charge in [-0.05, 0) is 29.2 Å². The van der Waals surface area contributed by atoms with Crippen LogP contribution in [0.4, 0.5) is 0 Å². The van der Waals surface area contributed by atoms with Gasteiger partial charge in [0.2, 0.25) is 0 Å². The number of nitrogens with zero attached hydrogens (tertiary/aromatic N) is 4. The van der Waals surface area contributed by atoms with Gasteiger partial charge >= 0.3 is 0 Å². The Morgan fingerprint density at radius 1 is 1.09 bits per heavy atom. The number of aromatic nitrogens is 3. The van der Waals surface area contributed by atoms with Crippen LogP contribution in [-0.4, -0.2) is 20.9 Å². The average Bonchev–Trinajstić information content (AvgIpc) is 2.99. The molecule has 2 aromatic heterocycles. The predicted molar refractivity (Wildman–Crippen MR) is 92.4 cm³/mol. The molecule has 0 aliphatic carbocycles. The third-order valence-corrected chi connectivity index (χ3v) is 4.51. The molecule has 0 aliphatic heterocycles. The van der Waals surface area contributed by atoms with Gasteiger partial charge in [0.25, 0.3) is 0 Å². The number of rotatable bonds is 2. The molecule has 4 nitrogen and oxygen atoms in total. The molecule has 0 spiro atoms. The summed E-state index contributed by atoms with van der Waals surface area (Å²) in [5, 5.41) is 17.0. The molecule has 4 aromatic rings. The monoisotopic (exact) mass is 316 g/mol. The van der Waals surface area contributed by atoms with E-state index in [1.54, 1.807) is 10.7 Å². The summed E-state index contributed by atoms with van der Waals surface area (Å²) in [6.07, 6.45) is 3.64. The Hall–Kier alpha value is -2.84. The van der Waals surface area contributed by atoms with Gasteiger partial charge in [0.05, 0.1) is 5.69 Å². The van der Waals surface area contributed by atoms with Crippen molar-refractivity contribution >= 4 is 28.2 Å². The quantitative estimate of drug-likeness (QED) is 0.521. The maximum atomic E-state index is 9.38. The second-order valence-corrected chi connectivity index (χ2v) is 5.92. The summed E-state index contributed by atoms with van der Waals surface area (Å²) in [7, 11) is 0. The SMILES string of the molecule is CSc1nn2c(-c3ccc4ccccc4c3)ccnc2c1C#N. The molecule has 0 fully saturated rings. The average molecular weight is 316 g/mol. The van der Waals surface area contributed by atoms with Crippen LogP contribution >= 0.6 is 11.8 Å². The lowest BCUT2D eigenvalue weighted by molar-refractivity contribution is 0.896. The van der Waals surface area contributed by atoms with Crippen molar-refractivity contribution < 1.29 is 0 Å². The number of hydrogen-bond donors (Lipinski definition) is 0. The second kappa shape index (κ2) is 5.41. The van der Waals surface area contributed by atoms with Crippen molar-refractivity contribution in [2.75, 3.05) is 6.26 Å². The zero-order chi connectivity index (χ0) is 15.8. The Morgan fingerprint density at radius 2 is 1.91 bits per heavy atom. The molecule has 0 radical (unpaired) electrons. The van der Waals surface area contributed by atoms with E-state index in [0.717, 1.165) is 11.3 Å². The lowest BCUT2D eigenvalue weighted by Gasteiger charge is -2.06. The zero-order valence-electron chi connectivity index (χ0n) is 12.4. The highest BCUT2D eigenvalue weighted by Gasteiger charge is 2.15. The van der Waals surface area contributed by atoms with Crippen LogP contribution in [0.25, 0.3) is 27.7 Å². The highest BCUT2D eigenvalue weighted by atomic mass is 32.2. The minimum Gasteiger partial charge on any atom is -0.236 e. The molecule has 0 N–H and O–H groups in total. The van der Waals surface area contributed by atoms with E-state index in [1.807, 2.05) is 24.5 Å². The summed E-state index contributed by atoms with van der Waals surface area (Å²) in [6, 6.07) is 18.7. The zero-order valence-corrected chi connectivity index (χ0v) is 13.2. The van der Waals surface area contributed by atoms with Crippen LogP contribution in [0.3, 0.4) is 0 Å². The first-order chi connectivity index (χ1) is 11.3. The molecule has 0 aliphatic rings. The van der Waals surface area contributed by atoms with E-state index in [1.165, 1.54) is 22.5 Å². The van der Waals surface area contributed by atoms with Crippen LogP contribution in [0.5, 0.6) is 0 Å². The summed E-state index contributed by atoms with van der Waals surface area (Å²) in [6.45, 7) is 0. The molecule has 0 bridgehead atoms. The normalized spacial score (nSPS) is 11.0. The summed E-state index contributed by atoms with van der Waals surface area (Å²) >= 11 is 1.46. The van der Waals surface area contributed by atoms with Crippen molar-refractivity contribution in [1.82, 2.24) is 14.6 Å². The minimum absolute atomic E-state index is 0.528. The van der Waals surface area contributed by atoms with Crippen LogP contribution in [0.15, 0.2) is 59.8 Å². The van der Waals surface area contributed by atoms with Gasteiger partial charge in [-0.25, -0.2) is 9.50 Å². The van der Waals surface area contributed by atoms with E-state index in [9.17, 15) is 5.26 Å². The van der Waals surface area contributed by atoms with Gasteiger partial charge in [0, 0.05) is 11.8 Å². The van der Waals surface area contributed by atoms with Gasteiger partial charge in [0.1, 0.15) is 16.7 Å². The van der Waals surface area contributed by atoms with Crippen LogP contribution in [0.1, 0.15) is 5.56 Å². The van der Waals surface area contributed by atoms with Crippen molar-refractivity contribution in [2.45, 2.75) is 5.03 Å². The molecule has 2 heterocycles. The number of benzene rings is 2. The van der Waals surface area contributed by atoms with E-state index in [2.05, 4.69) is 46.5 Å². The van der Waals surface area contributed by atoms with Crippen molar-refractivity contribution in [1.29, 1.82) is 5.26 Å². The fourth-order valence-electron chi connectivity index (χ4n) is 2.73. The summed E-state index contributed by atoms with van der Waals surface area (Å²) in [5.41, 5.74) is 3.11. The van der Waals surface area contributed by atoms with Gasteiger partial charge in [-0.3, -0.25) is 0 Å². The van der Waals surface area contributed by atoms with Crippen molar-refractivity contribution in [3.05, 3.63) is 60.3 Å². The fourth-order valence-corrected chi connectivity index (χ4v) is 3.24. The third kappa shape index (κ3) is 2.16. The molecular weight excluding hydrogens is 304 g/mol. The van der Waals surface area contributed by atoms with E-state index in [0.29, 0.717) is 16.2 Å². The first-order valence-electron chi connectivity index (χ1n) is 7.13. The molecule has 2 aromatic carbocycles. The fraction of sp³-hybridized carbons (Fsp3) is 0.0556. The third-order valence-electron chi connectivity index (χ3n) is 3.84. The predicted octanol–water partition coefficient (Wildman–Crippen LogP) is 4.14. The van der Waals surface area contributed by atoms with Crippen molar-refractivity contribution in [3.8, 4) is 17.3 Å². The Balaban J connectivity index is 2.00. The minimum atomic E-state index is 0.528. The molecule has 0 atom stereocenters. The van der Waals surface area contributed by atoms with Crippen LogP contribution in [-0.2, 0) is 0 Å². The highest BCUT2D eigenvalue weighted by Crippen LogP contribution is 2.28. The smallest absolute Gasteiger partial charge is 0.174 e. The lowest BCUT2D eigenvalue weighted by Crippen LogP contribution is -1.96. The first-order valence-corrected chi connectivity index (χ1v) is 8.35. The Bertz CT molecular complexity index is 1080. The van der Waals surface area contributed by atoms with Crippen LogP contribution in [0.2, 0.25) is 0 Å². The molecule has 0 amide bonds. The Labute approximate surface area is 137 Å².